The van der Waals surface area contributed by atoms with Gasteiger partial charge < -0.3 is 0 Å². The van der Waals surface area contributed by atoms with Gasteiger partial charge in [0.2, 0.25) is 0 Å². The summed E-state index contributed by atoms with van der Waals surface area (Å²) >= 11 is 0. The average Bonchev–Trinajstić information content (AvgIpc) is 2.12. The van der Waals surface area contributed by atoms with Crippen molar-refractivity contribution in [2.75, 3.05) is 0 Å². The van der Waals surface area contributed by atoms with Crippen molar-refractivity contribution in [2.45, 2.75) is 26.2 Å². The molecule has 0 aromatic heterocycles. The quantitative estimate of drug-likeness (QED) is 0.591. The number of nitrogens with zero attached hydrogens (tertiary/aromatic N) is 3. The SMILES string of the molecule is CCCCC(C#N)=C(C#N)C#N. The molecule has 0 unspecified atom stereocenters. The first-order valence-electron chi connectivity index (χ1n) is 3.73. The first-order chi connectivity index (χ1) is 5.79. The molecule has 0 saturated carbocycles. The minimum absolute atomic E-state index is 0.0500. The van der Waals surface area contributed by atoms with E-state index in [0.29, 0.717) is 12.0 Å². The summed E-state index contributed by atoms with van der Waals surface area (Å²) < 4.78 is 0. The van der Waals surface area contributed by atoms with Gasteiger partial charge in [-0.3, -0.25) is 0 Å². The molecule has 0 aliphatic rings. The maximum Gasteiger partial charge on any atom is 0.143 e. The number of hydrogen-bond acceptors (Lipinski definition) is 3. The third kappa shape index (κ3) is 2.86. The van der Waals surface area contributed by atoms with E-state index in [1.807, 2.05) is 13.0 Å². The van der Waals surface area contributed by atoms with Gasteiger partial charge in [-0.05, 0) is 12.8 Å². The van der Waals surface area contributed by atoms with Crippen LogP contribution in [0, 0.1) is 34.0 Å². The molecule has 0 saturated heterocycles. The Labute approximate surface area is 72.1 Å². The fourth-order valence-corrected chi connectivity index (χ4v) is 0.750. The molecule has 60 valence electrons. The highest BCUT2D eigenvalue weighted by molar-refractivity contribution is 5.45. The Hall–Kier alpha value is -1.79. The molecule has 0 rings (SSSR count). The van der Waals surface area contributed by atoms with E-state index < -0.39 is 0 Å². The van der Waals surface area contributed by atoms with Gasteiger partial charge in [0.1, 0.15) is 17.7 Å². The van der Waals surface area contributed by atoms with E-state index in [9.17, 15) is 0 Å². The van der Waals surface area contributed by atoms with E-state index in [1.54, 1.807) is 12.1 Å². The Morgan fingerprint density at radius 2 is 1.67 bits per heavy atom. The molecular weight excluding hydrogens is 150 g/mol. The van der Waals surface area contributed by atoms with E-state index in [1.165, 1.54) is 0 Å². The van der Waals surface area contributed by atoms with E-state index in [-0.39, 0.29) is 5.57 Å². The molecule has 0 aromatic rings. The van der Waals surface area contributed by atoms with Crippen molar-refractivity contribution in [3.05, 3.63) is 11.1 Å². The predicted octanol–water partition coefficient (Wildman–Crippen LogP) is 2.04. The number of hydrogen-bond donors (Lipinski definition) is 0. The summed E-state index contributed by atoms with van der Waals surface area (Å²) in [6.07, 6.45) is 2.33. The van der Waals surface area contributed by atoms with Gasteiger partial charge in [-0.25, -0.2) is 0 Å². The van der Waals surface area contributed by atoms with Crippen LogP contribution < -0.4 is 0 Å². The largest absolute Gasteiger partial charge is 0.193 e. The lowest BCUT2D eigenvalue weighted by Crippen LogP contribution is -1.85. The topological polar surface area (TPSA) is 71.4 Å². The van der Waals surface area contributed by atoms with Gasteiger partial charge in [0.05, 0.1) is 11.6 Å². The van der Waals surface area contributed by atoms with Crippen LogP contribution in [-0.4, -0.2) is 0 Å². The highest BCUT2D eigenvalue weighted by Gasteiger charge is 2.03. The highest BCUT2D eigenvalue weighted by Crippen LogP contribution is 2.10. The van der Waals surface area contributed by atoms with Crippen molar-refractivity contribution >= 4 is 0 Å². The first-order valence-corrected chi connectivity index (χ1v) is 3.73. The van der Waals surface area contributed by atoms with Gasteiger partial charge in [0, 0.05) is 0 Å². The van der Waals surface area contributed by atoms with Crippen LogP contribution in [0.3, 0.4) is 0 Å². The summed E-state index contributed by atoms with van der Waals surface area (Å²) in [6, 6.07) is 5.29. The van der Waals surface area contributed by atoms with Crippen molar-refractivity contribution in [3.8, 4) is 18.2 Å². The molecule has 0 heterocycles. The lowest BCUT2D eigenvalue weighted by atomic mass is 10.1. The Morgan fingerprint density at radius 1 is 1.08 bits per heavy atom. The Kier molecular flexibility index (Phi) is 5.07. The molecular formula is C9H9N3. The van der Waals surface area contributed by atoms with Gasteiger partial charge in [0.25, 0.3) is 0 Å². The van der Waals surface area contributed by atoms with Crippen LogP contribution in [0.1, 0.15) is 26.2 Å². The minimum Gasteiger partial charge on any atom is -0.193 e. The zero-order valence-electron chi connectivity index (χ0n) is 6.96. The summed E-state index contributed by atoms with van der Waals surface area (Å²) in [5.41, 5.74) is 0.257. The second kappa shape index (κ2) is 5.96. The Morgan fingerprint density at radius 3 is 2.00 bits per heavy atom. The summed E-state index contributed by atoms with van der Waals surface area (Å²) in [5, 5.41) is 25.5. The molecule has 0 atom stereocenters. The standard InChI is InChI=1S/C9H9N3/c1-2-3-4-8(5-10)9(6-11)7-12/h2-4H2,1H3. The highest BCUT2D eigenvalue weighted by atomic mass is 14.3. The smallest absolute Gasteiger partial charge is 0.143 e. The molecule has 0 aromatic carbocycles. The summed E-state index contributed by atoms with van der Waals surface area (Å²) in [5.74, 6) is 0. The molecule has 3 heteroatoms. The van der Waals surface area contributed by atoms with E-state index in [4.69, 9.17) is 15.8 Å². The molecule has 0 radical (unpaired) electrons. The second-order valence-corrected chi connectivity index (χ2v) is 2.29. The van der Waals surface area contributed by atoms with Crippen molar-refractivity contribution in [3.63, 3.8) is 0 Å². The summed E-state index contributed by atoms with van der Waals surface area (Å²) in [6.45, 7) is 1.99. The Balaban J connectivity index is 4.57. The molecule has 0 N–H and O–H groups in total. The van der Waals surface area contributed by atoms with E-state index in [2.05, 4.69) is 0 Å². The minimum atomic E-state index is -0.0500. The number of unbranched alkanes of at least 4 members (excludes halogenated alkanes) is 1. The van der Waals surface area contributed by atoms with Crippen LogP contribution in [-0.2, 0) is 0 Å². The van der Waals surface area contributed by atoms with Crippen LogP contribution in [0.4, 0.5) is 0 Å². The fourth-order valence-electron chi connectivity index (χ4n) is 0.750. The van der Waals surface area contributed by atoms with Crippen molar-refractivity contribution in [2.24, 2.45) is 0 Å². The molecule has 0 fully saturated rings. The first kappa shape index (κ1) is 10.2. The zero-order chi connectivity index (χ0) is 9.40. The van der Waals surface area contributed by atoms with Crippen LogP contribution in [0.25, 0.3) is 0 Å². The van der Waals surface area contributed by atoms with Crippen LogP contribution >= 0.6 is 0 Å². The third-order valence-electron chi connectivity index (χ3n) is 1.44. The number of rotatable bonds is 3. The molecule has 0 spiro atoms. The molecule has 0 amide bonds. The number of allylic oxidation sites excluding steroid dienone is 2. The molecule has 0 aliphatic heterocycles. The van der Waals surface area contributed by atoms with E-state index >= 15 is 0 Å². The third-order valence-corrected chi connectivity index (χ3v) is 1.44. The monoisotopic (exact) mass is 159 g/mol. The van der Waals surface area contributed by atoms with Gasteiger partial charge in [0.15, 0.2) is 0 Å². The Bertz CT molecular complexity index is 277. The second-order valence-electron chi connectivity index (χ2n) is 2.29. The maximum absolute atomic E-state index is 8.58. The lowest BCUT2D eigenvalue weighted by molar-refractivity contribution is 0.798. The van der Waals surface area contributed by atoms with Gasteiger partial charge >= 0.3 is 0 Å². The van der Waals surface area contributed by atoms with Crippen LogP contribution in [0.15, 0.2) is 11.1 Å². The van der Waals surface area contributed by atoms with Crippen molar-refractivity contribution < 1.29 is 0 Å². The van der Waals surface area contributed by atoms with Gasteiger partial charge in [-0.2, -0.15) is 15.8 Å². The van der Waals surface area contributed by atoms with Gasteiger partial charge in [-0.1, -0.05) is 13.3 Å². The normalized spacial score (nSPS) is 7.50. The van der Waals surface area contributed by atoms with Crippen molar-refractivity contribution in [1.82, 2.24) is 0 Å². The summed E-state index contributed by atoms with van der Waals surface area (Å²) in [4.78, 5) is 0. The zero-order valence-corrected chi connectivity index (χ0v) is 6.96. The average molecular weight is 159 g/mol. The maximum atomic E-state index is 8.58. The van der Waals surface area contributed by atoms with Crippen LogP contribution in [0.5, 0.6) is 0 Å². The van der Waals surface area contributed by atoms with Crippen LogP contribution in [0.2, 0.25) is 0 Å². The molecule has 12 heavy (non-hydrogen) atoms. The predicted molar refractivity (Wildman–Crippen MR) is 43.4 cm³/mol. The number of nitriles is 3. The van der Waals surface area contributed by atoms with Gasteiger partial charge in [-0.15, -0.1) is 0 Å². The van der Waals surface area contributed by atoms with Crippen molar-refractivity contribution in [1.29, 1.82) is 15.8 Å². The lowest BCUT2D eigenvalue weighted by Gasteiger charge is -1.94. The molecule has 0 bridgehead atoms. The molecule has 0 aliphatic carbocycles. The summed E-state index contributed by atoms with van der Waals surface area (Å²) in [7, 11) is 0. The van der Waals surface area contributed by atoms with E-state index in [0.717, 1.165) is 12.8 Å². The molecule has 3 nitrogen and oxygen atoms in total. The fraction of sp³-hybridized carbons (Fsp3) is 0.444.